The van der Waals surface area contributed by atoms with Crippen molar-refractivity contribution in [2.75, 3.05) is 18.0 Å². The van der Waals surface area contributed by atoms with E-state index in [1.165, 1.54) is 0 Å². The second-order valence-electron chi connectivity index (χ2n) is 3.71. The van der Waals surface area contributed by atoms with Crippen molar-refractivity contribution in [3.05, 3.63) is 29.3 Å². The van der Waals surface area contributed by atoms with Gasteiger partial charge in [-0.2, -0.15) is 0 Å². The zero-order chi connectivity index (χ0) is 10.8. The van der Waals surface area contributed by atoms with E-state index in [0.29, 0.717) is 6.54 Å². The Morgan fingerprint density at radius 3 is 2.87 bits per heavy atom. The number of urea groups is 1. The highest BCUT2D eigenvalue weighted by Gasteiger charge is 2.22. The number of nitrogens with one attached hydrogen (secondary N) is 1. The maximum absolute atomic E-state index is 11.5. The lowest BCUT2D eigenvalue weighted by Gasteiger charge is -2.17. The van der Waals surface area contributed by atoms with E-state index in [9.17, 15) is 4.79 Å². The summed E-state index contributed by atoms with van der Waals surface area (Å²) >= 11 is 0. The number of benzene rings is 1. The van der Waals surface area contributed by atoms with Crippen molar-refractivity contribution in [2.45, 2.75) is 13.5 Å². The summed E-state index contributed by atoms with van der Waals surface area (Å²) < 4.78 is 0. The molecule has 2 rings (SSSR count). The molecule has 1 aromatic rings. The summed E-state index contributed by atoms with van der Waals surface area (Å²) in [6.45, 7) is 3.99. The van der Waals surface area contributed by atoms with Gasteiger partial charge in [0.25, 0.3) is 0 Å². The molecule has 80 valence electrons. The third kappa shape index (κ3) is 1.80. The molecule has 1 heterocycles. The van der Waals surface area contributed by atoms with E-state index in [-0.39, 0.29) is 6.03 Å². The maximum Gasteiger partial charge on any atom is 0.322 e. The zero-order valence-electron chi connectivity index (χ0n) is 8.79. The highest BCUT2D eigenvalue weighted by molar-refractivity contribution is 5.94. The van der Waals surface area contributed by atoms with Crippen LogP contribution in [0.3, 0.4) is 0 Å². The van der Waals surface area contributed by atoms with Crippen LogP contribution in [0.1, 0.15) is 11.1 Å². The molecule has 1 aliphatic rings. The van der Waals surface area contributed by atoms with Crippen LogP contribution in [0.15, 0.2) is 18.2 Å². The number of hydrogen-bond donors (Lipinski definition) is 2. The Balaban J connectivity index is 2.32. The minimum absolute atomic E-state index is 0.0152. The van der Waals surface area contributed by atoms with Gasteiger partial charge < -0.3 is 11.1 Å². The summed E-state index contributed by atoms with van der Waals surface area (Å²) in [6, 6.07) is 5.94. The molecule has 2 amide bonds. The largest absolute Gasteiger partial charge is 0.336 e. The number of carbonyl (C=O) groups excluding carboxylic acids is 1. The fraction of sp³-hybridized carbons (Fsp3) is 0.364. The summed E-state index contributed by atoms with van der Waals surface area (Å²) in [7, 11) is 0. The van der Waals surface area contributed by atoms with E-state index in [2.05, 4.69) is 5.32 Å². The number of amides is 2. The summed E-state index contributed by atoms with van der Waals surface area (Å²) in [4.78, 5) is 13.2. The first-order valence-electron chi connectivity index (χ1n) is 5.07. The Kier molecular flexibility index (Phi) is 2.60. The number of rotatable bonds is 2. The lowest BCUT2D eigenvalue weighted by Crippen LogP contribution is -2.28. The van der Waals surface area contributed by atoms with Gasteiger partial charge in [0.05, 0.1) is 0 Å². The molecule has 4 nitrogen and oxygen atoms in total. The average molecular weight is 205 g/mol. The molecule has 4 heteroatoms. The van der Waals surface area contributed by atoms with Gasteiger partial charge in [-0.05, 0) is 24.1 Å². The first-order chi connectivity index (χ1) is 7.22. The van der Waals surface area contributed by atoms with E-state index in [1.807, 2.05) is 25.1 Å². The quantitative estimate of drug-likeness (QED) is 0.756. The first-order valence-corrected chi connectivity index (χ1v) is 5.07. The van der Waals surface area contributed by atoms with Gasteiger partial charge in [0.2, 0.25) is 0 Å². The minimum atomic E-state index is -0.0152. The number of aryl methyl sites for hydroxylation is 1. The number of nitrogens with zero attached hydrogens (tertiary/aromatic N) is 1. The third-order valence-electron chi connectivity index (χ3n) is 2.64. The third-order valence-corrected chi connectivity index (χ3v) is 2.64. The number of nitrogens with two attached hydrogens (primary N) is 1. The Morgan fingerprint density at radius 2 is 2.33 bits per heavy atom. The van der Waals surface area contributed by atoms with Gasteiger partial charge >= 0.3 is 6.03 Å². The van der Waals surface area contributed by atoms with Crippen LogP contribution in [0.4, 0.5) is 10.5 Å². The molecule has 1 saturated heterocycles. The first kappa shape index (κ1) is 9.98. The van der Waals surface area contributed by atoms with E-state index in [0.717, 1.165) is 29.9 Å². The Bertz CT molecular complexity index is 389. The fourth-order valence-corrected chi connectivity index (χ4v) is 1.85. The van der Waals surface area contributed by atoms with Crippen LogP contribution in [0.2, 0.25) is 0 Å². The highest BCUT2D eigenvalue weighted by Crippen LogP contribution is 2.22. The lowest BCUT2D eigenvalue weighted by molar-refractivity contribution is 0.252. The second-order valence-corrected chi connectivity index (χ2v) is 3.71. The number of hydrogen-bond acceptors (Lipinski definition) is 2. The lowest BCUT2D eigenvalue weighted by atomic mass is 10.1. The van der Waals surface area contributed by atoms with Crippen LogP contribution in [0.25, 0.3) is 0 Å². The molecular weight excluding hydrogens is 190 g/mol. The van der Waals surface area contributed by atoms with Gasteiger partial charge in [0, 0.05) is 25.3 Å². The molecule has 1 aromatic carbocycles. The second kappa shape index (κ2) is 3.90. The molecule has 0 aromatic heterocycles. The molecule has 0 atom stereocenters. The van der Waals surface area contributed by atoms with E-state index in [4.69, 9.17) is 5.73 Å². The maximum atomic E-state index is 11.5. The predicted octanol–water partition coefficient (Wildman–Crippen LogP) is 0.983. The molecule has 1 aliphatic heterocycles. The van der Waals surface area contributed by atoms with Gasteiger partial charge in [0.1, 0.15) is 0 Å². The van der Waals surface area contributed by atoms with Gasteiger partial charge in [0.15, 0.2) is 0 Å². The molecule has 0 unspecified atom stereocenters. The molecule has 0 bridgehead atoms. The highest BCUT2D eigenvalue weighted by atomic mass is 16.2. The number of carbonyl (C=O) groups is 1. The molecule has 1 fully saturated rings. The minimum Gasteiger partial charge on any atom is -0.336 e. The smallest absolute Gasteiger partial charge is 0.322 e. The predicted molar refractivity (Wildman–Crippen MR) is 59.8 cm³/mol. The van der Waals surface area contributed by atoms with Crippen molar-refractivity contribution in [3.63, 3.8) is 0 Å². The summed E-state index contributed by atoms with van der Waals surface area (Å²) in [5.41, 5.74) is 8.72. The summed E-state index contributed by atoms with van der Waals surface area (Å²) in [5, 5.41) is 2.79. The van der Waals surface area contributed by atoms with Crippen LogP contribution >= 0.6 is 0 Å². The monoisotopic (exact) mass is 205 g/mol. The average Bonchev–Trinajstić information content (AvgIpc) is 2.64. The van der Waals surface area contributed by atoms with E-state index >= 15 is 0 Å². The van der Waals surface area contributed by atoms with Crippen molar-refractivity contribution >= 4 is 11.7 Å². The zero-order valence-corrected chi connectivity index (χ0v) is 8.79. The summed E-state index contributed by atoms with van der Waals surface area (Å²) in [5.74, 6) is 0. The van der Waals surface area contributed by atoms with E-state index < -0.39 is 0 Å². The molecule has 0 aliphatic carbocycles. The molecule has 3 N–H and O–H groups in total. The van der Waals surface area contributed by atoms with E-state index in [1.54, 1.807) is 4.90 Å². The Labute approximate surface area is 89.1 Å². The SMILES string of the molecule is Cc1cc(CN)ccc1N1CCNC1=O. The van der Waals surface area contributed by atoms with Gasteiger partial charge in [-0.3, -0.25) is 4.90 Å². The van der Waals surface area contributed by atoms with Crippen molar-refractivity contribution in [2.24, 2.45) is 5.73 Å². The van der Waals surface area contributed by atoms with Crippen LogP contribution < -0.4 is 16.0 Å². The number of anilines is 1. The van der Waals surface area contributed by atoms with Crippen LogP contribution in [-0.2, 0) is 6.54 Å². The Hall–Kier alpha value is -1.55. The van der Waals surface area contributed by atoms with Crippen LogP contribution in [0, 0.1) is 6.92 Å². The van der Waals surface area contributed by atoms with Crippen molar-refractivity contribution in [1.82, 2.24) is 5.32 Å². The Morgan fingerprint density at radius 1 is 1.53 bits per heavy atom. The molecular formula is C11H15N3O. The standard InChI is InChI=1S/C11H15N3O/c1-8-6-9(7-12)2-3-10(8)14-5-4-13-11(14)15/h2-3,6H,4-5,7,12H2,1H3,(H,13,15). The van der Waals surface area contributed by atoms with Crippen molar-refractivity contribution in [3.8, 4) is 0 Å². The fourth-order valence-electron chi connectivity index (χ4n) is 1.85. The molecule has 0 spiro atoms. The topological polar surface area (TPSA) is 58.4 Å². The molecule has 0 radical (unpaired) electrons. The normalized spacial score (nSPS) is 15.6. The molecule has 0 saturated carbocycles. The van der Waals surface area contributed by atoms with Gasteiger partial charge in [-0.1, -0.05) is 12.1 Å². The molecule has 15 heavy (non-hydrogen) atoms. The van der Waals surface area contributed by atoms with Crippen molar-refractivity contribution in [1.29, 1.82) is 0 Å². The van der Waals surface area contributed by atoms with Crippen LogP contribution in [0.5, 0.6) is 0 Å². The van der Waals surface area contributed by atoms with Gasteiger partial charge in [-0.15, -0.1) is 0 Å². The van der Waals surface area contributed by atoms with Crippen LogP contribution in [-0.4, -0.2) is 19.1 Å². The van der Waals surface area contributed by atoms with Gasteiger partial charge in [-0.25, -0.2) is 4.79 Å². The summed E-state index contributed by atoms with van der Waals surface area (Å²) in [6.07, 6.45) is 0. The van der Waals surface area contributed by atoms with Crippen molar-refractivity contribution < 1.29 is 4.79 Å².